The summed E-state index contributed by atoms with van der Waals surface area (Å²) >= 11 is 5.65. The number of benzene rings is 1. The van der Waals surface area contributed by atoms with Crippen molar-refractivity contribution < 1.29 is 13.9 Å². The van der Waals surface area contributed by atoms with Crippen molar-refractivity contribution in [1.82, 2.24) is 9.80 Å². The molecule has 0 aromatic heterocycles. The Balaban J connectivity index is 0.00000115. The van der Waals surface area contributed by atoms with Crippen LogP contribution in [0.2, 0.25) is 5.02 Å². The lowest BCUT2D eigenvalue weighted by Crippen LogP contribution is -2.49. The molecule has 1 aliphatic rings. The minimum Gasteiger partial charge on any atom is -0.444 e. The predicted molar refractivity (Wildman–Crippen MR) is 201 cm³/mol. The molecule has 1 saturated heterocycles. The summed E-state index contributed by atoms with van der Waals surface area (Å²) in [5, 5.41) is 0.480. The van der Waals surface area contributed by atoms with Crippen molar-refractivity contribution in [2.24, 2.45) is 4.99 Å². The van der Waals surface area contributed by atoms with Crippen LogP contribution < -0.4 is 0 Å². The number of hydrogen-bond donors (Lipinski definition) is 0. The summed E-state index contributed by atoms with van der Waals surface area (Å²) in [4.78, 5) is 21.3. The second-order valence-corrected chi connectivity index (χ2v) is 12.5. The molecule has 47 heavy (non-hydrogen) atoms. The second kappa shape index (κ2) is 23.7. The number of aryl methyl sites for hydroxylation is 1. The van der Waals surface area contributed by atoms with E-state index < -0.39 is 5.60 Å². The van der Waals surface area contributed by atoms with E-state index in [9.17, 15) is 9.18 Å². The molecule has 1 heterocycles. The van der Waals surface area contributed by atoms with Gasteiger partial charge < -0.3 is 14.5 Å². The van der Waals surface area contributed by atoms with Crippen LogP contribution in [0, 0.1) is 18.2 Å². The zero-order valence-electron chi connectivity index (χ0n) is 30.8. The number of carbonyl (C=O) groups is 1. The highest BCUT2D eigenvalue weighted by Crippen LogP contribution is 2.27. The van der Waals surface area contributed by atoms with Gasteiger partial charge in [0.1, 0.15) is 11.4 Å². The zero-order chi connectivity index (χ0) is 36.0. The molecule has 0 spiro atoms. The van der Waals surface area contributed by atoms with Crippen LogP contribution >= 0.6 is 11.6 Å². The standard InChI is InChI=1S/C27H43N3O2.C9H10ClF.C4H6/c1-10-13-15-21(4)24(12-3)25(22(5)28-16-14-11-2)23(6)29-17-19-30(20-18-29)26(31)32-27(7,8)9;1-2-3-7-4-8(10)6-9(11)5-7;1-3-4-2/h10,12-16H,11,17-20H2,1-9H3;4-6H,2-3H2,1H3;1H,4H2,2H3/b13-10-,16-14+,21-15+,24-12-,25-23-,28-22+;;. The highest BCUT2D eigenvalue weighted by Gasteiger charge is 2.27. The predicted octanol–water partition coefficient (Wildman–Crippen LogP) is 11.1. The first kappa shape index (κ1) is 43.4. The normalized spacial score (nSPS) is 15.0. The van der Waals surface area contributed by atoms with Gasteiger partial charge in [-0.1, -0.05) is 69.2 Å². The van der Waals surface area contributed by atoms with Crippen molar-refractivity contribution >= 4 is 23.4 Å². The summed E-state index contributed by atoms with van der Waals surface area (Å²) < 4.78 is 18.2. The topological polar surface area (TPSA) is 45.1 Å². The molecule has 5 nitrogen and oxygen atoms in total. The number of hydrogen-bond acceptors (Lipinski definition) is 4. The Morgan fingerprint density at radius 3 is 2.13 bits per heavy atom. The van der Waals surface area contributed by atoms with Crippen molar-refractivity contribution in [1.29, 1.82) is 0 Å². The number of terminal acetylenes is 1. The Hall–Kier alpha value is -3.56. The molecule has 0 radical (unpaired) electrons. The van der Waals surface area contributed by atoms with Crippen molar-refractivity contribution in [2.75, 3.05) is 26.2 Å². The third kappa shape index (κ3) is 17.8. The smallest absolute Gasteiger partial charge is 0.410 e. The van der Waals surface area contributed by atoms with Crippen LogP contribution in [-0.2, 0) is 11.2 Å². The van der Waals surface area contributed by atoms with Gasteiger partial charge in [0.15, 0.2) is 0 Å². The van der Waals surface area contributed by atoms with Crippen LogP contribution in [0.5, 0.6) is 0 Å². The monoisotopic (exact) mass is 667 g/mol. The molecule has 0 saturated carbocycles. The molecule has 0 unspecified atom stereocenters. The second-order valence-electron chi connectivity index (χ2n) is 12.1. The molecule has 2 rings (SSSR count). The van der Waals surface area contributed by atoms with Crippen LogP contribution in [0.15, 0.2) is 82.2 Å². The van der Waals surface area contributed by atoms with E-state index in [-0.39, 0.29) is 11.9 Å². The molecular formula is C40H59ClFN3O2. The van der Waals surface area contributed by atoms with Crippen molar-refractivity contribution in [2.45, 2.75) is 107 Å². The van der Waals surface area contributed by atoms with Gasteiger partial charge in [-0.2, -0.15) is 0 Å². The van der Waals surface area contributed by atoms with Crippen molar-refractivity contribution in [3.05, 3.63) is 93.6 Å². The number of carbonyl (C=O) groups excluding carboxylic acids is 1. The molecular weight excluding hydrogens is 609 g/mol. The van der Waals surface area contributed by atoms with Crippen molar-refractivity contribution in [3.63, 3.8) is 0 Å². The molecule has 1 aromatic carbocycles. The minimum absolute atomic E-state index is 0.235. The van der Waals surface area contributed by atoms with Gasteiger partial charge in [0.05, 0.1) is 0 Å². The quantitative estimate of drug-likeness (QED) is 0.149. The van der Waals surface area contributed by atoms with Gasteiger partial charge in [0.25, 0.3) is 0 Å². The Bertz CT molecular complexity index is 1310. The van der Waals surface area contributed by atoms with Gasteiger partial charge in [0, 0.05) is 60.8 Å². The van der Waals surface area contributed by atoms with Gasteiger partial charge >= 0.3 is 6.09 Å². The first-order valence-corrected chi connectivity index (χ1v) is 17.1. The van der Waals surface area contributed by atoms with Crippen LogP contribution in [0.3, 0.4) is 0 Å². The SMILES string of the molecule is C#CCC.CCCc1cc(F)cc(Cl)c1.C\C=C/C=C(C)/C(=C/C)C(/C(C)=N/C=C/CC)=C(/C)N1CCN(C(=O)OC(C)(C)C)CC1. The Morgan fingerprint density at radius 2 is 1.66 bits per heavy atom. The molecule has 1 aliphatic heterocycles. The van der Waals surface area contributed by atoms with Crippen LogP contribution in [0.1, 0.15) is 101 Å². The van der Waals surface area contributed by atoms with Crippen LogP contribution in [0.4, 0.5) is 9.18 Å². The maximum Gasteiger partial charge on any atom is 0.410 e. The third-order valence-corrected chi connectivity index (χ3v) is 7.14. The van der Waals surface area contributed by atoms with Gasteiger partial charge in [0.2, 0.25) is 0 Å². The van der Waals surface area contributed by atoms with E-state index in [4.69, 9.17) is 27.8 Å². The summed E-state index contributed by atoms with van der Waals surface area (Å²) in [6.07, 6.45) is 20.6. The van der Waals surface area contributed by atoms with E-state index in [0.717, 1.165) is 55.6 Å². The first-order chi connectivity index (χ1) is 22.2. The first-order valence-electron chi connectivity index (χ1n) is 16.7. The highest BCUT2D eigenvalue weighted by molar-refractivity contribution is 6.30. The minimum atomic E-state index is -0.478. The van der Waals surface area contributed by atoms with E-state index in [1.165, 1.54) is 29.0 Å². The summed E-state index contributed by atoms with van der Waals surface area (Å²) in [5.41, 5.74) is 6.19. The lowest BCUT2D eigenvalue weighted by atomic mass is 9.92. The lowest BCUT2D eigenvalue weighted by Gasteiger charge is -2.38. The largest absolute Gasteiger partial charge is 0.444 e. The molecule has 1 amide bonds. The number of rotatable bonds is 9. The number of amides is 1. The number of nitrogens with zero attached hydrogens (tertiary/aromatic N) is 3. The average molecular weight is 668 g/mol. The lowest BCUT2D eigenvalue weighted by molar-refractivity contribution is 0.0168. The van der Waals surface area contributed by atoms with Gasteiger partial charge in [-0.05, 0) is 103 Å². The fraction of sp³-hybridized carbons (Fsp3) is 0.500. The molecule has 1 fully saturated rings. The molecule has 7 heteroatoms. The van der Waals surface area contributed by atoms with E-state index in [0.29, 0.717) is 18.1 Å². The Morgan fingerprint density at radius 1 is 1.06 bits per heavy atom. The zero-order valence-corrected chi connectivity index (χ0v) is 31.6. The summed E-state index contributed by atoms with van der Waals surface area (Å²) in [6.45, 7) is 25.1. The molecule has 0 aliphatic carbocycles. The van der Waals surface area contributed by atoms with E-state index >= 15 is 0 Å². The van der Waals surface area contributed by atoms with E-state index in [1.54, 1.807) is 11.0 Å². The maximum atomic E-state index is 12.7. The molecule has 260 valence electrons. The van der Waals surface area contributed by atoms with Gasteiger partial charge in [-0.15, -0.1) is 12.3 Å². The van der Waals surface area contributed by atoms with Gasteiger partial charge in [-0.25, -0.2) is 9.18 Å². The number of allylic oxidation sites excluding steroid dienone is 9. The molecule has 0 atom stereocenters. The Labute approximate surface area is 291 Å². The summed E-state index contributed by atoms with van der Waals surface area (Å²) in [5.74, 6) is 2.18. The average Bonchev–Trinajstić information content (AvgIpc) is 3.01. The van der Waals surface area contributed by atoms with E-state index in [2.05, 4.69) is 76.7 Å². The van der Waals surface area contributed by atoms with Crippen molar-refractivity contribution in [3.8, 4) is 12.3 Å². The maximum absolute atomic E-state index is 12.7. The van der Waals surface area contributed by atoms with Crippen LogP contribution in [0.25, 0.3) is 0 Å². The fourth-order valence-corrected chi connectivity index (χ4v) is 4.88. The van der Waals surface area contributed by atoms with E-state index in [1.807, 2.05) is 46.9 Å². The number of ether oxygens (including phenoxy) is 1. The third-order valence-electron chi connectivity index (χ3n) is 6.93. The Kier molecular flexibility index (Phi) is 21.9. The molecule has 0 bridgehead atoms. The van der Waals surface area contributed by atoms with Crippen LogP contribution in [-0.4, -0.2) is 53.4 Å². The molecule has 0 N–H and O–H groups in total. The summed E-state index contributed by atoms with van der Waals surface area (Å²) in [6, 6.07) is 4.64. The number of aliphatic imine (C=N–C) groups is 1. The molecule has 1 aromatic rings. The summed E-state index contributed by atoms with van der Waals surface area (Å²) in [7, 11) is 0. The number of halogens is 2. The number of piperazine rings is 1. The highest BCUT2D eigenvalue weighted by atomic mass is 35.5. The van der Waals surface area contributed by atoms with Gasteiger partial charge in [-0.3, -0.25) is 4.99 Å². The fourth-order valence-electron chi connectivity index (χ4n) is 4.64.